The highest BCUT2D eigenvalue weighted by Crippen LogP contribution is 1.91. The lowest BCUT2D eigenvalue weighted by Gasteiger charge is -2.18. The first-order chi connectivity index (χ1) is 8.38. The monoisotopic (exact) mass is 262 g/mol. The summed E-state index contributed by atoms with van der Waals surface area (Å²) in [5.41, 5.74) is 13.9. The van der Waals surface area contributed by atoms with E-state index < -0.39 is 30.6 Å². The van der Waals surface area contributed by atoms with E-state index in [1.54, 1.807) is 0 Å². The van der Waals surface area contributed by atoms with Gasteiger partial charge in [-0.1, -0.05) is 0 Å². The molecule has 104 valence electrons. The first kappa shape index (κ1) is 16.1. The Kier molecular flexibility index (Phi) is 7.40. The van der Waals surface area contributed by atoms with Gasteiger partial charge in [0.1, 0.15) is 0 Å². The maximum Gasteiger partial charge on any atom is 0.338 e. The van der Waals surface area contributed by atoms with Crippen molar-refractivity contribution in [2.45, 2.75) is 24.9 Å². The highest BCUT2D eigenvalue weighted by molar-refractivity contribution is 5.85. The fourth-order valence-corrected chi connectivity index (χ4v) is 1.18. The minimum absolute atomic E-state index is 0.0948. The molecule has 0 aromatic heterocycles. The third-order valence-electron chi connectivity index (χ3n) is 2.21. The Bertz CT molecular complexity index is 316. The van der Waals surface area contributed by atoms with Crippen molar-refractivity contribution >= 4 is 17.8 Å². The van der Waals surface area contributed by atoms with Crippen molar-refractivity contribution < 1.29 is 30.5 Å². The molecule has 9 nitrogen and oxygen atoms in total. The number of guanidine groups is 1. The molecule has 0 fully saturated rings. The zero-order valence-corrected chi connectivity index (χ0v) is 10.0. The quantitative estimate of drug-likeness (QED) is 0.143. The number of carboxylic acids is 1. The first-order valence-electron chi connectivity index (χ1n) is 5.45. The van der Waals surface area contributed by atoms with E-state index in [-0.39, 0.29) is 5.96 Å². The van der Waals surface area contributed by atoms with Crippen LogP contribution in [0.3, 0.4) is 0 Å². The number of carbonyl (C=O) groups excluding carboxylic acids is 2. The van der Waals surface area contributed by atoms with Crippen molar-refractivity contribution in [3.05, 3.63) is 0 Å². The number of aliphatic hydroxyl groups is 1. The van der Waals surface area contributed by atoms with Gasteiger partial charge in [-0.15, -0.1) is 0 Å². The molecule has 10 N–H and O–H groups in total. The Morgan fingerprint density at radius 1 is 1.44 bits per heavy atom. The second kappa shape index (κ2) is 8.25. The SMILES string of the molecule is NC(N)=[NH+]CCC[C@H]([NH3+])C(=O)N[C@@H](CO)C(=O)[O-]. The summed E-state index contributed by atoms with van der Waals surface area (Å²) in [6.45, 7) is -0.230. The molecule has 9 heteroatoms. The lowest BCUT2D eigenvalue weighted by Crippen LogP contribution is -2.78. The number of hydrogen-bond donors (Lipinski definition) is 6. The molecule has 0 heterocycles. The standard InChI is InChI=1S/C9H19N5O4/c10-5(2-1-3-13-9(11)12)7(16)14-6(4-15)8(17)18/h5-6,15H,1-4,10H2,(H,14,16)(H,17,18)(H4,11,12,13)/p+1/t5-,6-/m0/s1. The van der Waals surface area contributed by atoms with Crippen LogP contribution in [0, 0.1) is 0 Å². The summed E-state index contributed by atoms with van der Waals surface area (Å²) in [6.07, 6.45) is 1.02. The fourth-order valence-electron chi connectivity index (χ4n) is 1.18. The van der Waals surface area contributed by atoms with E-state index in [1.807, 2.05) is 0 Å². The van der Waals surface area contributed by atoms with Crippen LogP contribution in [0.15, 0.2) is 0 Å². The Morgan fingerprint density at radius 2 is 2.06 bits per heavy atom. The summed E-state index contributed by atoms with van der Waals surface area (Å²) in [5.74, 6) is -1.99. The minimum Gasteiger partial charge on any atom is -0.548 e. The summed E-state index contributed by atoms with van der Waals surface area (Å²) in [5, 5.41) is 21.3. The molecule has 0 radical (unpaired) electrons. The molecule has 18 heavy (non-hydrogen) atoms. The molecule has 1 amide bonds. The van der Waals surface area contributed by atoms with Crippen LogP contribution in [0.4, 0.5) is 0 Å². The van der Waals surface area contributed by atoms with Crippen LogP contribution < -0.4 is 32.6 Å². The normalized spacial score (nSPS) is 13.4. The van der Waals surface area contributed by atoms with Gasteiger partial charge in [-0.3, -0.25) is 21.3 Å². The number of aliphatic hydroxyl groups excluding tert-OH is 1. The van der Waals surface area contributed by atoms with E-state index in [1.165, 1.54) is 0 Å². The second-order valence-electron chi connectivity index (χ2n) is 3.78. The van der Waals surface area contributed by atoms with E-state index in [0.717, 1.165) is 0 Å². The molecule has 2 atom stereocenters. The summed E-state index contributed by atoms with van der Waals surface area (Å²) in [4.78, 5) is 24.6. The highest BCUT2D eigenvalue weighted by atomic mass is 16.4. The third kappa shape index (κ3) is 6.66. The second-order valence-corrected chi connectivity index (χ2v) is 3.78. The zero-order chi connectivity index (χ0) is 14.1. The molecule has 0 spiro atoms. The molecule has 0 aromatic rings. The molecule has 0 bridgehead atoms. The van der Waals surface area contributed by atoms with Gasteiger partial charge in [-0.05, 0) is 6.42 Å². The van der Waals surface area contributed by atoms with Gasteiger partial charge >= 0.3 is 5.96 Å². The van der Waals surface area contributed by atoms with E-state index >= 15 is 0 Å². The lowest BCUT2D eigenvalue weighted by atomic mass is 10.1. The van der Waals surface area contributed by atoms with Gasteiger partial charge in [0.05, 0.1) is 25.2 Å². The highest BCUT2D eigenvalue weighted by Gasteiger charge is 2.20. The van der Waals surface area contributed by atoms with Crippen LogP contribution in [-0.2, 0) is 9.59 Å². The van der Waals surface area contributed by atoms with Gasteiger partial charge in [0.25, 0.3) is 5.91 Å². The largest absolute Gasteiger partial charge is 0.548 e. The Labute approximate surface area is 104 Å². The molecule has 0 aliphatic carbocycles. The number of aliphatic carboxylic acids is 1. The number of rotatable bonds is 8. The number of amides is 1. The minimum atomic E-state index is -1.54. The molecule has 0 aromatic carbocycles. The first-order valence-corrected chi connectivity index (χ1v) is 5.45. The van der Waals surface area contributed by atoms with Crippen molar-refractivity contribution in [3.8, 4) is 0 Å². The van der Waals surface area contributed by atoms with Crippen molar-refractivity contribution in [2.75, 3.05) is 13.2 Å². The fraction of sp³-hybridized carbons (Fsp3) is 0.667. The van der Waals surface area contributed by atoms with Crippen molar-refractivity contribution in [3.63, 3.8) is 0 Å². The number of carboxylic acid groups (broad SMARTS) is 1. The summed E-state index contributed by atoms with van der Waals surface area (Å²) < 4.78 is 0. The summed E-state index contributed by atoms with van der Waals surface area (Å²) in [7, 11) is 0. The van der Waals surface area contributed by atoms with Crippen LogP contribution in [-0.4, -0.2) is 48.2 Å². The average molecular weight is 262 g/mol. The number of carbonyl (C=O) groups is 2. The van der Waals surface area contributed by atoms with Gasteiger partial charge in [0.15, 0.2) is 6.04 Å². The van der Waals surface area contributed by atoms with Crippen molar-refractivity contribution in [2.24, 2.45) is 11.5 Å². The zero-order valence-electron chi connectivity index (χ0n) is 10.0. The number of nitrogens with one attached hydrogen (secondary N) is 2. The van der Waals surface area contributed by atoms with Crippen LogP contribution in [0.1, 0.15) is 12.8 Å². The van der Waals surface area contributed by atoms with E-state index in [4.69, 9.17) is 16.6 Å². The molecule has 0 aliphatic rings. The molecule has 0 rings (SSSR count). The van der Waals surface area contributed by atoms with Gasteiger partial charge < -0.3 is 26.1 Å². The van der Waals surface area contributed by atoms with E-state index in [9.17, 15) is 14.7 Å². The smallest absolute Gasteiger partial charge is 0.338 e. The van der Waals surface area contributed by atoms with Gasteiger partial charge in [0, 0.05) is 6.42 Å². The molecule has 0 saturated carbocycles. The van der Waals surface area contributed by atoms with Crippen LogP contribution in [0.2, 0.25) is 0 Å². The molecule has 0 saturated heterocycles. The number of nitrogens with two attached hydrogens (primary N) is 2. The maximum atomic E-state index is 11.5. The van der Waals surface area contributed by atoms with Crippen LogP contribution in [0.5, 0.6) is 0 Å². The maximum absolute atomic E-state index is 11.5. The molecular weight excluding hydrogens is 242 g/mol. The third-order valence-corrected chi connectivity index (χ3v) is 2.21. The number of quaternary nitrogens is 1. The van der Waals surface area contributed by atoms with Crippen LogP contribution in [0.25, 0.3) is 0 Å². The average Bonchev–Trinajstić information content (AvgIpc) is 2.30. The van der Waals surface area contributed by atoms with E-state index in [0.29, 0.717) is 19.4 Å². The van der Waals surface area contributed by atoms with Gasteiger partial charge in [0.2, 0.25) is 0 Å². The Morgan fingerprint density at radius 3 is 2.50 bits per heavy atom. The Balaban J connectivity index is 4.03. The topological polar surface area (TPSA) is 183 Å². The molecule has 0 aliphatic heterocycles. The van der Waals surface area contributed by atoms with Gasteiger partial charge in [-0.25, -0.2) is 0 Å². The lowest BCUT2D eigenvalue weighted by molar-refractivity contribution is -0.463. The van der Waals surface area contributed by atoms with Crippen molar-refractivity contribution in [1.29, 1.82) is 0 Å². The van der Waals surface area contributed by atoms with Gasteiger partial charge in [-0.2, -0.15) is 0 Å². The summed E-state index contributed by atoms with van der Waals surface area (Å²) >= 11 is 0. The molecule has 0 unspecified atom stereocenters. The Hall–Kier alpha value is -1.87. The predicted octanol–water partition coefficient (Wildman–Crippen LogP) is -7.04. The molecular formula is C9H20N5O4+. The predicted molar refractivity (Wildman–Crippen MR) is 59.1 cm³/mol. The van der Waals surface area contributed by atoms with Crippen LogP contribution >= 0.6 is 0 Å². The van der Waals surface area contributed by atoms with Crippen molar-refractivity contribution in [1.82, 2.24) is 5.32 Å². The van der Waals surface area contributed by atoms with E-state index in [2.05, 4.69) is 16.0 Å². The summed E-state index contributed by atoms with van der Waals surface area (Å²) in [6, 6.07) is -2.04. The number of hydrogen-bond acceptors (Lipinski definition) is 4.